The Morgan fingerprint density at radius 3 is 2.32 bits per heavy atom. The Balaban J connectivity index is 1.78. The summed E-state index contributed by atoms with van der Waals surface area (Å²) in [4.78, 5) is 13.5. The lowest BCUT2D eigenvalue weighted by atomic mass is 10.2. The van der Waals surface area contributed by atoms with E-state index in [1.54, 1.807) is 26.0 Å². The second-order valence-electron chi connectivity index (χ2n) is 6.48. The highest BCUT2D eigenvalue weighted by Crippen LogP contribution is 2.18. The van der Waals surface area contributed by atoms with Crippen LogP contribution in [0.4, 0.5) is 10.1 Å². The van der Waals surface area contributed by atoms with Crippen LogP contribution in [0.5, 0.6) is 0 Å². The maximum atomic E-state index is 13.0. The van der Waals surface area contributed by atoms with Crippen LogP contribution in [0, 0.1) is 11.7 Å². The van der Waals surface area contributed by atoms with E-state index in [1.807, 2.05) is 4.90 Å². The standard InChI is InChI=1S/C17H26FN3O3S/c1-14(2)17(22)19-8-3-13-25(23,24)21-11-9-20(10-12-21)16-6-4-15(18)5-7-16/h4-7,14H,3,8-13H2,1-2H3,(H,19,22). The molecule has 140 valence electrons. The van der Waals surface area contributed by atoms with Gasteiger partial charge >= 0.3 is 0 Å². The molecule has 0 aromatic heterocycles. The Bertz CT molecular complexity index is 669. The fraction of sp³-hybridized carbons (Fsp3) is 0.588. The summed E-state index contributed by atoms with van der Waals surface area (Å²) in [6, 6.07) is 6.22. The summed E-state index contributed by atoms with van der Waals surface area (Å²) in [5.41, 5.74) is 0.898. The molecule has 1 saturated heterocycles. The Kier molecular flexibility index (Phi) is 6.78. The first kappa shape index (κ1) is 19.7. The largest absolute Gasteiger partial charge is 0.369 e. The molecule has 1 aromatic rings. The molecule has 0 radical (unpaired) electrons. The van der Waals surface area contributed by atoms with E-state index >= 15 is 0 Å². The molecule has 1 fully saturated rings. The first-order valence-electron chi connectivity index (χ1n) is 8.55. The summed E-state index contributed by atoms with van der Waals surface area (Å²) < 4.78 is 39.3. The van der Waals surface area contributed by atoms with Crippen molar-refractivity contribution in [2.45, 2.75) is 20.3 Å². The van der Waals surface area contributed by atoms with Crippen LogP contribution in [0.15, 0.2) is 24.3 Å². The lowest BCUT2D eigenvalue weighted by Gasteiger charge is -2.35. The third kappa shape index (κ3) is 5.67. The first-order chi connectivity index (χ1) is 11.8. The number of halogens is 1. The molecule has 2 rings (SSSR count). The molecule has 1 N–H and O–H groups in total. The molecular formula is C17H26FN3O3S. The van der Waals surface area contributed by atoms with Gasteiger partial charge in [0.25, 0.3) is 0 Å². The van der Waals surface area contributed by atoms with E-state index in [0.29, 0.717) is 39.1 Å². The van der Waals surface area contributed by atoms with Gasteiger partial charge in [-0.05, 0) is 30.7 Å². The third-order valence-corrected chi connectivity index (χ3v) is 6.18. The van der Waals surface area contributed by atoms with Crippen molar-refractivity contribution < 1.29 is 17.6 Å². The first-order valence-corrected chi connectivity index (χ1v) is 10.2. The molecule has 25 heavy (non-hydrogen) atoms. The number of anilines is 1. The molecule has 0 unspecified atom stereocenters. The van der Waals surface area contributed by atoms with E-state index in [2.05, 4.69) is 5.32 Å². The number of carbonyl (C=O) groups excluding carboxylic acids is 1. The van der Waals surface area contributed by atoms with Crippen molar-refractivity contribution in [3.8, 4) is 0 Å². The highest BCUT2D eigenvalue weighted by atomic mass is 32.2. The fourth-order valence-electron chi connectivity index (χ4n) is 2.68. The van der Waals surface area contributed by atoms with Gasteiger partial charge in [-0.25, -0.2) is 12.8 Å². The van der Waals surface area contributed by atoms with Gasteiger partial charge in [-0.2, -0.15) is 4.31 Å². The summed E-state index contributed by atoms with van der Waals surface area (Å²) in [6.45, 7) is 5.95. The number of nitrogens with zero attached hydrogens (tertiary/aromatic N) is 2. The molecule has 1 heterocycles. The quantitative estimate of drug-likeness (QED) is 0.737. The van der Waals surface area contributed by atoms with E-state index in [4.69, 9.17) is 0 Å². The van der Waals surface area contributed by atoms with E-state index in [0.717, 1.165) is 5.69 Å². The van der Waals surface area contributed by atoms with Crippen LogP contribution in [0.3, 0.4) is 0 Å². The molecule has 6 nitrogen and oxygen atoms in total. The lowest BCUT2D eigenvalue weighted by Crippen LogP contribution is -2.49. The lowest BCUT2D eigenvalue weighted by molar-refractivity contribution is -0.123. The number of hydrogen-bond acceptors (Lipinski definition) is 4. The number of hydrogen-bond donors (Lipinski definition) is 1. The molecule has 0 saturated carbocycles. The molecule has 0 spiro atoms. The Morgan fingerprint density at radius 1 is 1.16 bits per heavy atom. The molecule has 0 aliphatic carbocycles. The molecule has 1 aliphatic rings. The molecule has 1 amide bonds. The third-order valence-electron chi connectivity index (χ3n) is 4.23. The van der Waals surface area contributed by atoms with Gasteiger partial charge in [-0.3, -0.25) is 4.79 Å². The maximum Gasteiger partial charge on any atom is 0.222 e. The van der Waals surface area contributed by atoms with E-state index in [-0.39, 0.29) is 23.4 Å². The zero-order valence-corrected chi connectivity index (χ0v) is 15.6. The van der Waals surface area contributed by atoms with Gasteiger partial charge in [0, 0.05) is 44.3 Å². The zero-order valence-electron chi connectivity index (χ0n) is 14.7. The molecule has 8 heteroatoms. The van der Waals surface area contributed by atoms with Crippen molar-refractivity contribution in [2.24, 2.45) is 5.92 Å². The Hall–Kier alpha value is -1.67. The Labute approximate surface area is 149 Å². The van der Waals surface area contributed by atoms with Crippen LogP contribution in [-0.4, -0.2) is 57.1 Å². The van der Waals surface area contributed by atoms with Crippen molar-refractivity contribution in [3.05, 3.63) is 30.1 Å². The second-order valence-corrected chi connectivity index (χ2v) is 8.57. The monoisotopic (exact) mass is 371 g/mol. The summed E-state index contributed by atoms with van der Waals surface area (Å²) in [5.74, 6) is -0.418. The molecule has 1 aromatic carbocycles. The molecule has 0 atom stereocenters. The molecular weight excluding hydrogens is 345 g/mol. The van der Waals surface area contributed by atoms with E-state index < -0.39 is 10.0 Å². The minimum atomic E-state index is -3.32. The van der Waals surface area contributed by atoms with Gasteiger partial charge in [-0.15, -0.1) is 0 Å². The number of piperazine rings is 1. The van der Waals surface area contributed by atoms with Crippen molar-refractivity contribution in [1.82, 2.24) is 9.62 Å². The summed E-state index contributed by atoms with van der Waals surface area (Å²) in [7, 11) is -3.32. The smallest absolute Gasteiger partial charge is 0.222 e. The molecule has 1 aliphatic heterocycles. The molecule has 0 bridgehead atoms. The van der Waals surface area contributed by atoms with Crippen molar-refractivity contribution in [2.75, 3.05) is 43.4 Å². The number of benzene rings is 1. The average molecular weight is 371 g/mol. The zero-order chi connectivity index (χ0) is 18.4. The SMILES string of the molecule is CC(C)C(=O)NCCCS(=O)(=O)N1CCN(c2ccc(F)cc2)CC1. The van der Waals surface area contributed by atoms with Gasteiger partial charge in [0.2, 0.25) is 15.9 Å². The highest BCUT2D eigenvalue weighted by Gasteiger charge is 2.26. The van der Waals surface area contributed by atoms with Gasteiger partial charge in [-0.1, -0.05) is 13.8 Å². The predicted octanol–water partition coefficient (Wildman–Crippen LogP) is 1.44. The van der Waals surface area contributed by atoms with Gasteiger partial charge < -0.3 is 10.2 Å². The Morgan fingerprint density at radius 2 is 1.76 bits per heavy atom. The van der Waals surface area contributed by atoms with Gasteiger partial charge in [0.05, 0.1) is 5.75 Å². The van der Waals surface area contributed by atoms with Crippen LogP contribution in [0.1, 0.15) is 20.3 Å². The highest BCUT2D eigenvalue weighted by molar-refractivity contribution is 7.89. The van der Waals surface area contributed by atoms with Crippen molar-refractivity contribution in [3.63, 3.8) is 0 Å². The van der Waals surface area contributed by atoms with Crippen LogP contribution in [0.25, 0.3) is 0 Å². The maximum absolute atomic E-state index is 13.0. The van der Waals surface area contributed by atoms with E-state index in [1.165, 1.54) is 16.4 Å². The van der Waals surface area contributed by atoms with Crippen LogP contribution in [0.2, 0.25) is 0 Å². The topological polar surface area (TPSA) is 69.7 Å². The van der Waals surface area contributed by atoms with Gasteiger partial charge in [0.1, 0.15) is 5.82 Å². The van der Waals surface area contributed by atoms with Crippen LogP contribution >= 0.6 is 0 Å². The second kappa shape index (κ2) is 8.62. The number of amides is 1. The number of carbonyl (C=O) groups is 1. The van der Waals surface area contributed by atoms with E-state index in [9.17, 15) is 17.6 Å². The summed E-state index contributed by atoms with van der Waals surface area (Å²) >= 11 is 0. The minimum absolute atomic E-state index is 0.0297. The summed E-state index contributed by atoms with van der Waals surface area (Å²) in [5, 5.41) is 2.73. The van der Waals surface area contributed by atoms with Crippen LogP contribution in [-0.2, 0) is 14.8 Å². The minimum Gasteiger partial charge on any atom is -0.369 e. The number of rotatable bonds is 7. The fourth-order valence-corrected chi connectivity index (χ4v) is 4.16. The average Bonchev–Trinajstić information content (AvgIpc) is 2.59. The van der Waals surface area contributed by atoms with Gasteiger partial charge in [0.15, 0.2) is 0 Å². The van der Waals surface area contributed by atoms with Crippen molar-refractivity contribution in [1.29, 1.82) is 0 Å². The predicted molar refractivity (Wildman–Crippen MR) is 96.4 cm³/mol. The number of sulfonamides is 1. The normalized spacial score (nSPS) is 16.2. The summed E-state index contributed by atoms with van der Waals surface area (Å²) in [6.07, 6.45) is 0.402. The van der Waals surface area contributed by atoms with Crippen LogP contribution < -0.4 is 10.2 Å². The van der Waals surface area contributed by atoms with Crippen molar-refractivity contribution >= 4 is 21.6 Å². The number of nitrogens with one attached hydrogen (secondary N) is 1.